The van der Waals surface area contributed by atoms with Crippen molar-refractivity contribution < 1.29 is 23.5 Å². The Balaban J connectivity index is 0.00000107. The second-order valence-corrected chi connectivity index (χ2v) is 11.3. The number of phenols is 1. The zero-order valence-electron chi connectivity index (χ0n) is 26.3. The highest BCUT2D eigenvalue weighted by atomic mass is 35.5. The summed E-state index contributed by atoms with van der Waals surface area (Å²) in [6.07, 6.45) is 3.94. The van der Waals surface area contributed by atoms with Gasteiger partial charge in [0.1, 0.15) is 23.1 Å². The summed E-state index contributed by atoms with van der Waals surface area (Å²) < 4.78 is 32.0. The van der Waals surface area contributed by atoms with Gasteiger partial charge in [0.05, 0.1) is 22.3 Å². The molecule has 1 amide bonds. The van der Waals surface area contributed by atoms with Crippen molar-refractivity contribution in [3.8, 4) is 22.7 Å². The van der Waals surface area contributed by atoms with Crippen LogP contribution in [0.2, 0.25) is 0 Å². The van der Waals surface area contributed by atoms with Crippen molar-refractivity contribution in [1.29, 1.82) is 0 Å². The molecule has 1 saturated heterocycles. The molecule has 0 saturated carbocycles. The van der Waals surface area contributed by atoms with Crippen LogP contribution in [0, 0.1) is 18.6 Å². The number of aryl methyl sites for hydroxylation is 1. The summed E-state index contributed by atoms with van der Waals surface area (Å²) in [5, 5.41) is 10.1. The van der Waals surface area contributed by atoms with E-state index < -0.39 is 39.6 Å². The van der Waals surface area contributed by atoms with Crippen molar-refractivity contribution in [1.82, 2.24) is 24.4 Å². The molecule has 0 bridgehead atoms. The number of aromatic hydroxyl groups is 1. The molecule has 4 heterocycles. The number of aromatic nitrogens is 4. The maximum Gasteiger partial charge on any atom is 0.355 e. The Hall–Kier alpha value is -4.62. The van der Waals surface area contributed by atoms with Gasteiger partial charge in [-0.05, 0) is 73.3 Å². The second-order valence-electron chi connectivity index (χ2n) is 10.9. The molecule has 0 radical (unpaired) electrons. The molecule has 3 aromatic heterocycles. The number of hydrogen-bond donors (Lipinski definition) is 1. The van der Waals surface area contributed by atoms with Crippen molar-refractivity contribution in [3.63, 3.8) is 0 Å². The number of piperazine rings is 1. The van der Waals surface area contributed by atoms with Crippen LogP contribution in [0.15, 0.2) is 66.6 Å². The number of anilines is 1. The SMILES string of the molecule is C.C=CC(=O)Cl.C=CC(=O)N1CCN(c2nc(=O)n(-c3c(C)ccnc3C(C)C)c3nc(-c4c(O)cccc4F)c(F)cc23)[C@@H](C)C1.S. The molecule has 4 aromatic rings. The summed E-state index contributed by atoms with van der Waals surface area (Å²) in [5.74, 6) is -2.35. The van der Waals surface area contributed by atoms with Crippen LogP contribution in [-0.2, 0) is 9.59 Å². The van der Waals surface area contributed by atoms with E-state index in [1.165, 1.54) is 22.8 Å². The Morgan fingerprint density at radius 2 is 1.77 bits per heavy atom. The second kappa shape index (κ2) is 16.5. The van der Waals surface area contributed by atoms with E-state index in [1.807, 2.05) is 32.6 Å². The lowest BCUT2D eigenvalue weighted by Gasteiger charge is -2.40. The van der Waals surface area contributed by atoms with Crippen LogP contribution < -0.4 is 10.6 Å². The van der Waals surface area contributed by atoms with Crippen molar-refractivity contribution >= 4 is 53.1 Å². The number of pyridine rings is 2. The molecule has 14 heteroatoms. The summed E-state index contributed by atoms with van der Waals surface area (Å²) >= 11 is 4.71. The number of hydrogen-bond acceptors (Lipinski definition) is 8. The number of carbonyl (C=O) groups excluding carboxylic acids is 2. The Kier molecular flexibility index (Phi) is 13.6. The lowest BCUT2D eigenvalue weighted by molar-refractivity contribution is -0.126. The predicted octanol–water partition coefficient (Wildman–Crippen LogP) is 6.17. The molecule has 1 aromatic carbocycles. The Labute approximate surface area is 289 Å². The quantitative estimate of drug-likeness (QED) is 0.187. The first kappa shape index (κ1) is 39.6. The van der Waals surface area contributed by atoms with Gasteiger partial charge in [-0.2, -0.15) is 18.5 Å². The molecule has 10 nitrogen and oxygen atoms in total. The van der Waals surface area contributed by atoms with Crippen LogP contribution in [-0.4, -0.2) is 66.4 Å². The maximum atomic E-state index is 15.8. The molecule has 1 N–H and O–H groups in total. The van der Waals surface area contributed by atoms with E-state index in [0.717, 1.165) is 18.2 Å². The van der Waals surface area contributed by atoms with E-state index in [4.69, 9.17) is 11.6 Å². The fourth-order valence-electron chi connectivity index (χ4n) is 5.33. The standard InChI is InChI=1S/C30H30F2N6O3.C3H3ClO.CH4.H2S/c1-6-23(40)36-12-13-37(18(5)15-36)28-19-14-21(32)26(24-20(31)8-7-9-22(24)39)34-29(19)38(30(41)35-28)27-17(4)10-11-33-25(27)16(2)3;1-2-3(4)5;;/h6-11,14,16,18,39H,1,12-13,15H2,2-5H3;2H,1H2;1H4;1H2/t18-;;;/m0.../s1. The van der Waals surface area contributed by atoms with E-state index in [2.05, 4.69) is 28.1 Å². The number of benzene rings is 1. The number of rotatable bonds is 6. The number of phenolic OH excluding ortho intramolecular Hbond substituents is 1. The van der Waals surface area contributed by atoms with Crippen LogP contribution in [0.1, 0.15) is 45.4 Å². The van der Waals surface area contributed by atoms with Gasteiger partial charge >= 0.3 is 5.69 Å². The van der Waals surface area contributed by atoms with E-state index in [0.29, 0.717) is 36.6 Å². The average molecular weight is 701 g/mol. The molecule has 1 aliphatic rings. The molecule has 5 rings (SSSR count). The number of halogens is 3. The maximum absolute atomic E-state index is 15.8. The Morgan fingerprint density at radius 3 is 2.33 bits per heavy atom. The molecule has 48 heavy (non-hydrogen) atoms. The largest absolute Gasteiger partial charge is 0.507 e. The highest BCUT2D eigenvalue weighted by Crippen LogP contribution is 2.36. The Bertz CT molecular complexity index is 1900. The normalized spacial score (nSPS) is 14.0. The summed E-state index contributed by atoms with van der Waals surface area (Å²) in [5.41, 5.74) is 0.275. The van der Waals surface area contributed by atoms with Crippen molar-refractivity contribution in [2.75, 3.05) is 24.5 Å². The van der Waals surface area contributed by atoms with E-state index in [9.17, 15) is 23.9 Å². The van der Waals surface area contributed by atoms with E-state index >= 15 is 4.39 Å². The highest BCUT2D eigenvalue weighted by Gasteiger charge is 2.31. The van der Waals surface area contributed by atoms with Crippen molar-refractivity contribution in [3.05, 3.63) is 95.2 Å². The first-order valence-electron chi connectivity index (χ1n) is 14.4. The van der Waals surface area contributed by atoms with Gasteiger partial charge < -0.3 is 14.9 Å². The molecular weight excluding hydrogens is 662 g/mol. The molecule has 0 unspecified atom stereocenters. The lowest BCUT2D eigenvalue weighted by Crippen LogP contribution is -2.54. The zero-order chi connectivity index (χ0) is 33.9. The molecule has 1 fully saturated rings. The van der Waals surface area contributed by atoms with E-state index in [-0.39, 0.29) is 55.6 Å². The van der Waals surface area contributed by atoms with Crippen molar-refractivity contribution in [2.45, 2.75) is 47.1 Å². The van der Waals surface area contributed by atoms with Crippen molar-refractivity contribution in [2.24, 2.45) is 0 Å². The van der Waals surface area contributed by atoms with Gasteiger partial charge in [-0.15, -0.1) is 0 Å². The van der Waals surface area contributed by atoms with Crippen LogP contribution in [0.25, 0.3) is 28.0 Å². The van der Waals surface area contributed by atoms with Gasteiger partial charge in [0, 0.05) is 31.9 Å². The number of fused-ring (bicyclic) bond motifs is 1. The van der Waals surface area contributed by atoms with Gasteiger partial charge in [-0.25, -0.2) is 23.1 Å². The highest BCUT2D eigenvalue weighted by molar-refractivity contribution is 7.59. The third kappa shape index (κ3) is 7.91. The minimum Gasteiger partial charge on any atom is -0.507 e. The van der Waals surface area contributed by atoms with Crippen LogP contribution in [0.3, 0.4) is 0 Å². The summed E-state index contributed by atoms with van der Waals surface area (Å²) in [6, 6.07) is 6.27. The molecule has 256 valence electrons. The van der Waals surface area contributed by atoms with Gasteiger partial charge in [-0.1, -0.05) is 40.5 Å². The smallest absolute Gasteiger partial charge is 0.355 e. The monoisotopic (exact) mass is 700 g/mol. The number of allylic oxidation sites excluding steroid dienone is 1. The van der Waals surface area contributed by atoms with Gasteiger partial charge in [-0.3, -0.25) is 14.6 Å². The number of nitrogens with zero attached hydrogens (tertiary/aromatic N) is 6. The average Bonchev–Trinajstić information content (AvgIpc) is 3.01. The first-order valence-corrected chi connectivity index (χ1v) is 14.7. The molecule has 1 aliphatic heterocycles. The van der Waals surface area contributed by atoms with Gasteiger partial charge in [0.15, 0.2) is 11.5 Å². The molecular formula is C34H39ClF2N6O4S. The fraction of sp³-hybridized carbons (Fsp3) is 0.294. The molecule has 0 spiro atoms. The van der Waals surface area contributed by atoms with Crippen LogP contribution >= 0.6 is 25.1 Å². The minimum absolute atomic E-state index is 0. The first-order chi connectivity index (χ1) is 21.8. The number of carbonyl (C=O) groups is 2. The molecule has 1 atom stereocenters. The van der Waals surface area contributed by atoms with Crippen LogP contribution in [0.5, 0.6) is 5.75 Å². The number of amides is 1. The minimum atomic E-state index is -0.897. The molecule has 0 aliphatic carbocycles. The summed E-state index contributed by atoms with van der Waals surface area (Å²) in [6.45, 7) is 15.2. The fourth-order valence-corrected chi connectivity index (χ4v) is 5.33. The predicted molar refractivity (Wildman–Crippen MR) is 191 cm³/mol. The lowest BCUT2D eigenvalue weighted by atomic mass is 10.0. The van der Waals surface area contributed by atoms with Gasteiger partial charge in [0.25, 0.3) is 0 Å². The third-order valence-electron chi connectivity index (χ3n) is 7.50. The third-order valence-corrected chi connectivity index (χ3v) is 7.66. The summed E-state index contributed by atoms with van der Waals surface area (Å²) in [4.78, 5) is 52.4. The zero-order valence-corrected chi connectivity index (χ0v) is 28.1. The van der Waals surface area contributed by atoms with E-state index in [1.54, 1.807) is 17.2 Å². The Morgan fingerprint density at radius 1 is 1.10 bits per heavy atom. The van der Waals surface area contributed by atoms with Gasteiger partial charge in [0.2, 0.25) is 11.1 Å². The van der Waals surface area contributed by atoms with Crippen LogP contribution in [0.4, 0.5) is 14.6 Å². The topological polar surface area (TPSA) is 122 Å². The summed E-state index contributed by atoms with van der Waals surface area (Å²) in [7, 11) is 0.